The molecule has 7 heteroatoms. The Balaban J connectivity index is 1.53. The second-order valence-electron chi connectivity index (χ2n) is 6.58. The third-order valence-electron chi connectivity index (χ3n) is 4.78. The van der Waals surface area contributed by atoms with E-state index in [-0.39, 0.29) is 17.4 Å². The van der Waals surface area contributed by atoms with Crippen molar-refractivity contribution in [2.45, 2.75) is 52.0 Å². The second kappa shape index (κ2) is 7.15. The van der Waals surface area contributed by atoms with Gasteiger partial charge in [0, 0.05) is 38.0 Å². The van der Waals surface area contributed by atoms with Crippen molar-refractivity contribution in [3.05, 3.63) is 27.4 Å². The third kappa shape index (κ3) is 3.66. The number of aromatic amines is 1. The molecule has 2 amide bonds. The van der Waals surface area contributed by atoms with E-state index in [9.17, 15) is 14.4 Å². The van der Waals surface area contributed by atoms with E-state index in [0.29, 0.717) is 62.4 Å². The zero-order chi connectivity index (χ0) is 17.1. The molecule has 130 valence electrons. The van der Waals surface area contributed by atoms with Crippen molar-refractivity contribution >= 4 is 11.8 Å². The topological polar surface area (TPSA) is 86.4 Å². The Morgan fingerprint density at radius 2 is 2.04 bits per heavy atom. The molecule has 0 aliphatic carbocycles. The quantitative estimate of drug-likeness (QED) is 0.882. The minimum Gasteiger partial charge on any atom is -0.343 e. The van der Waals surface area contributed by atoms with Crippen LogP contribution in [0.15, 0.2) is 4.79 Å². The van der Waals surface area contributed by atoms with Gasteiger partial charge < -0.3 is 14.8 Å². The standard InChI is InChI=1S/C17H24N4O3/c1-12-18-14-11-21(10-7-13(14)17(24)19-12)16(23)6-4-9-20-8-3-2-5-15(20)22/h2-11H2,1H3,(H,18,19,24). The van der Waals surface area contributed by atoms with Crippen LogP contribution in [-0.2, 0) is 22.6 Å². The second-order valence-corrected chi connectivity index (χ2v) is 6.58. The molecule has 0 aromatic carbocycles. The Bertz CT molecular complexity index is 698. The summed E-state index contributed by atoms with van der Waals surface area (Å²) in [4.78, 5) is 46.8. The number of piperidine rings is 1. The summed E-state index contributed by atoms with van der Waals surface area (Å²) >= 11 is 0. The normalized spacial score (nSPS) is 17.8. The van der Waals surface area contributed by atoms with Crippen LogP contribution in [0.4, 0.5) is 0 Å². The highest BCUT2D eigenvalue weighted by Crippen LogP contribution is 2.16. The summed E-state index contributed by atoms with van der Waals surface area (Å²) in [6, 6.07) is 0. The van der Waals surface area contributed by atoms with Gasteiger partial charge in [-0.05, 0) is 32.6 Å². The van der Waals surface area contributed by atoms with E-state index in [1.807, 2.05) is 4.90 Å². The molecule has 1 fully saturated rings. The number of aromatic nitrogens is 2. The highest BCUT2D eigenvalue weighted by Gasteiger charge is 2.24. The molecule has 7 nitrogen and oxygen atoms in total. The fourth-order valence-electron chi connectivity index (χ4n) is 3.45. The lowest BCUT2D eigenvalue weighted by atomic mass is 10.1. The molecule has 1 N–H and O–H groups in total. The van der Waals surface area contributed by atoms with Crippen molar-refractivity contribution in [3.63, 3.8) is 0 Å². The molecule has 24 heavy (non-hydrogen) atoms. The van der Waals surface area contributed by atoms with E-state index in [2.05, 4.69) is 9.97 Å². The molecule has 3 heterocycles. The molecule has 0 bridgehead atoms. The molecular formula is C17H24N4O3. The minimum absolute atomic E-state index is 0.0739. The van der Waals surface area contributed by atoms with Crippen molar-refractivity contribution in [3.8, 4) is 0 Å². The molecule has 0 radical (unpaired) electrons. The number of carbonyl (C=O) groups excluding carboxylic acids is 2. The van der Waals surface area contributed by atoms with Crippen molar-refractivity contribution in [2.24, 2.45) is 0 Å². The van der Waals surface area contributed by atoms with Gasteiger partial charge in [0.15, 0.2) is 0 Å². The Labute approximate surface area is 141 Å². The van der Waals surface area contributed by atoms with Crippen LogP contribution < -0.4 is 5.56 Å². The number of hydrogen-bond acceptors (Lipinski definition) is 4. The number of carbonyl (C=O) groups is 2. The maximum atomic E-state index is 12.4. The first-order valence-corrected chi connectivity index (χ1v) is 8.69. The molecule has 1 aromatic rings. The van der Waals surface area contributed by atoms with Gasteiger partial charge in [0.1, 0.15) is 5.82 Å². The van der Waals surface area contributed by atoms with Crippen molar-refractivity contribution in [2.75, 3.05) is 19.6 Å². The number of hydrogen-bond donors (Lipinski definition) is 1. The van der Waals surface area contributed by atoms with Gasteiger partial charge in [0.2, 0.25) is 11.8 Å². The first-order valence-electron chi connectivity index (χ1n) is 8.69. The van der Waals surface area contributed by atoms with E-state index in [0.717, 1.165) is 19.4 Å². The van der Waals surface area contributed by atoms with Gasteiger partial charge in [-0.3, -0.25) is 14.4 Å². The maximum absolute atomic E-state index is 12.4. The fraction of sp³-hybridized carbons (Fsp3) is 0.647. The third-order valence-corrected chi connectivity index (χ3v) is 4.78. The molecule has 2 aliphatic heterocycles. The van der Waals surface area contributed by atoms with Gasteiger partial charge in [-0.2, -0.15) is 0 Å². The summed E-state index contributed by atoms with van der Waals surface area (Å²) in [5.41, 5.74) is 1.32. The van der Waals surface area contributed by atoms with Crippen LogP contribution >= 0.6 is 0 Å². The van der Waals surface area contributed by atoms with Crippen LogP contribution in [0.5, 0.6) is 0 Å². The largest absolute Gasteiger partial charge is 0.343 e. The van der Waals surface area contributed by atoms with E-state index in [1.165, 1.54) is 0 Å². The highest BCUT2D eigenvalue weighted by atomic mass is 16.2. The van der Waals surface area contributed by atoms with Crippen molar-refractivity contribution in [1.29, 1.82) is 0 Å². The van der Waals surface area contributed by atoms with E-state index >= 15 is 0 Å². The van der Waals surface area contributed by atoms with Crippen LogP contribution in [0.2, 0.25) is 0 Å². The number of likely N-dealkylation sites (tertiary alicyclic amines) is 1. The molecular weight excluding hydrogens is 308 g/mol. The van der Waals surface area contributed by atoms with Gasteiger partial charge in [0.05, 0.1) is 12.2 Å². The Morgan fingerprint density at radius 3 is 2.83 bits per heavy atom. The minimum atomic E-state index is -0.0896. The van der Waals surface area contributed by atoms with Crippen LogP contribution in [0.1, 0.15) is 49.2 Å². The zero-order valence-electron chi connectivity index (χ0n) is 14.1. The Kier molecular flexibility index (Phi) is 4.97. The molecule has 0 atom stereocenters. The maximum Gasteiger partial charge on any atom is 0.254 e. The average molecular weight is 332 g/mol. The van der Waals surface area contributed by atoms with E-state index < -0.39 is 0 Å². The molecule has 3 rings (SSSR count). The van der Waals surface area contributed by atoms with Crippen LogP contribution in [0.25, 0.3) is 0 Å². The first kappa shape index (κ1) is 16.7. The smallest absolute Gasteiger partial charge is 0.254 e. The number of aryl methyl sites for hydroxylation is 1. The molecule has 0 saturated carbocycles. The summed E-state index contributed by atoms with van der Waals surface area (Å²) < 4.78 is 0. The van der Waals surface area contributed by atoms with Gasteiger partial charge in [0.25, 0.3) is 5.56 Å². The lowest BCUT2D eigenvalue weighted by molar-refractivity contribution is -0.135. The van der Waals surface area contributed by atoms with Crippen LogP contribution in [-0.4, -0.2) is 51.2 Å². The zero-order valence-corrected chi connectivity index (χ0v) is 14.1. The molecule has 2 aliphatic rings. The Morgan fingerprint density at radius 1 is 1.21 bits per heavy atom. The summed E-state index contributed by atoms with van der Waals surface area (Å²) in [7, 11) is 0. The summed E-state index contributed by atoms with van der Waals surface area (Å²) in [6.45, 7) is 4.18. The van der Waals surface area contributed by atoms with Gasteiger partial charge in [-0.1, -0.05) is 0 Å². The number of fused-ring (bicyclic) bond motifs is 1. The van der Waals surface area contributed by atoms with Crippen LogP contribution in [0, 0.1) is 6.92 Å². The molecule has 0 unspecified atom stereocenters. The van der Waals surface area contributed by atoms with Crippen molar-refractivity contribution < 1.29 is 9.59 Å². The number of amides is 2. The number of H-pyrrole nitrogens is 1. The van der Waals surface area contributed by atoms with Crippen LogP contribution in [0.3, 0.4) is 0 Å². The predicted octanol–water partition coefficient (Wildman–Crippen LogP) is 0.756. The van der Waals surface area contributed by atoms with E-state index in [1.54, 1.807) is 11.8 Å². The highest BCUT2D eigenvalue weighted by molar-refractivity contribution is 5.77. The lowest BCUT2D eigenvalue weighted by Crippen LogP contribution is -2.40. The molecule has 1 saturated heterocycles. The van der Waals surface area contributed by atoms with E-state index in [4.69, 9.17) is 0 Å². The number of nitrogens with one attached hydrogen (secondary N) is 1. The predicted molar refractivity (Wildman–Crippen MR) is 88.4 cm³/mol. The lowest BCUT2D eigenvalue weighted by Gasteiger charge is -2.29. The summed E-state index contributed by atoms with van der Waals surface area (Å²) in [6.07, 6.45) is 4.34. The van der Waals surface area contributed by atoms with Gasteiger partial charge >= 0.3 is 0 Å². The fourth-order valence-corrected chi connectivity index (χ4v) is 3.45. The molecule has 0 spiro atoms. The number of nitrogens with zero attached hydrogens (tertiary/aromatic N) is 3. The van der Waals surface area contributed by atoms with Gasteiger partial charge in [-0.25, -0.2) is 4.98 Å². The number of rotatable bonds is 4. The SMILES string of the molecule is Cc1nc2c(c(=O)[nH]1)CCN(C(=O)CCCN1CCCCC1=O)C2. The first-order chi connectivity index (χ1) is 11.5. The van der Waals surface area contributed by atoms with Gasteiger partial charge in [-0.15, -0.1) is 0 Å². The monoisotopic (exact) mass is 332 g/mol. The molecule has 1 aromatic heterocycles. The Hall–Kier alpha value is -2.18. The summed E-state index contributed by atoms with van der Waals surface area (Å²) in [5, 5.41) is 0. The van der Waals surface area contributed by atoms with Crippen molar-refractivity contribution in [1.82, 2.24) is 19.8 Å². The summed E-state index contributed by atoms with van der Waals surface area (Å²) in [5.74, 6) is 0.862. The average Bonchev–Trinajstić information content (AvgIpc) is 2.55.